The Morgan fingerprint density at radius 2 is 2.14 bits per heavy atom. The molecule has 0 amide bonds. The number of carbonyl (C=O) groups excluding carboxylic acids is 1. The number of nitrogens with one attached hydrogen (secondary N) is 1. The van der Waals surface area contributed by atoms with Gasteiger partial charge < -0.3 is 10.1 Å². The smallest absolute Gasteiger partial charge is 0.333 e. The number of hydrogen-bond donors (Lipinski definition) is 2. The van der Waals surface area contributed by atoms with Crippen LogP contribution < -0.4 is 10.5 Å². The van der Waals surface area contributed by atoms with Crippen LogP contribution in [0.3, 0.4) is 0 Å². The van der Waals surface area contributed by atoms with E-state index in [1.807, 2.05) is 26.0 Å². The van der Waals surface area contributed by atoms with Crippen LogP contribution in [0.2, 0.25) is 0 Å². The van der Waals surface area contributed by atoms with Crippen LogP contribution in [0.4, 0.5) is 5.82 Å². The second-order valence-corrected chi connectivity index (χ2v) is 12.0. The van der Waals surface area contributed by atoms with Crippen LogP contribution in [-0.4, -0.2) is 48.4 Å². The standard InChI is InChI=1S/C25H29N5O5S2/c1-14-3-5-17-7-8-34-24(22(17)29-14)19-10-21(36-15(19)2)23(31)20-11-27-13-28-25(20)30-18-6-4-16(9-18)12-35-37(26,32)33/h3,5,10-11,13,16,18,24H,4,6-9,12H2,1-2H3,(H2,26,32,33)(H,27,28,30)/t16-,18+,24?/m1/s1. The molecule has 1 unspecified atom stereocenters. The molecule has 0 aromatic carbocycles. The van der Waals surface area contributed by atoms with Crippen molar-refractivity contribution in [1.29, 1.82) is 0 Å². The van der Waals surface area contributed by atoms with Crippen molar-refractivity contribution < 1.29 is 22.1 Å². The lowest BCUT2D eigenvalue weighted by Gasteiger charge is -2.25. The van der Waals surface area contributed by atoms with Gasteiger partial charge in [0.15, 0.2) is 0 Å². The summed E-state index contributed by atoms with van der Waals surface area (Å²) < 4.78 is 33.1. The fourth-order valence-electron chi connectivity index (χ4n) is 5.00. The van der Waals surface area contributed by atoms with E-state index in [2.05, 4.69) is 21.4 Å². The third-order valence-corrected chi connectivity index (χ3v) is 8.35. The number of carbonyl (C=O) groups is 1. The number of fused-ring (bicyclic) bond motifs is 1. The van der Waals surface area contributed by atoms with Crippen molar-refractivity contribution in [2.45, 2.75) is 51.7 Å². The molecule has 10 nitrogen and oxygen atoms in total. The first-order valence-corrected chi connectivity index (χ1v) is 14.4. The Kier molecular flexibility index (Phi) is 7.37. The Morgan fingerprint density at radius 3 is 2.95 bits per heavy atom. The molecule has 0 saturated heterocycles. The number of aromatic nitrogens is 3. The zero-order valence-electron chi connectivity index (χ0n) is 20.6. The van der Waals surface area contributed by atoms with Crippen LogP contribution in [-0.2, 0) is 25.6 Å². The molecule has 3 atom stereocenters. The van der Waals surface area contributed by atoms with Gasteiger partial charge in [-0.05, 0) is 63.1 Å². The van der Waals surface area contributed by atoms with Gasteiger partial charge in [0.2, 0.25) is 5.78 Å². The first-order chi connectivity index (χ1) is 17.7. The number of nitrogens with two attached hydrogens (primary N) is 1. The van der Waals surface area contributed by atoms with Crippen molar-refractivity contribution in [2.75, 3.05) is 18.5 Å². The van der Waals surface area contributed by atoms with Crippen LogP contribution in [0.5, 0.6) is 0 Å². The largest absolute Gasteiger partial charge is 0.367 e. The van der Waals surface area contributed by atoms with Gasteiger partial charge in [0.05, 0.1) is 29.3 Å². The van der Waals surface area contributed by atoms with Crippen molar-refractivity contribution in [3.8, 4) is 0 Å². The van der Waals surface area contributed by atoms with Gasteiger partial charge in [0, 0.05) is 28.4 Å². The minimum Gasteiger partial charge on any atom is -0.367 e. The lowest BCUT2D eigenvalue weighted by atomic mass is 9.97. The molecule has 0 radical (unpaired) electrons. The van der Waals surface area contributed by atoms with Crippen LogP contribution in [0, 0.1) is 19.8 Å². The Hall–Kier alpha value is -2.77. The fourth-order valence-corrected chi connectivity index (χ4v) is 6.38. The Morgan fingerprint density at radius 1 is 1.30 bits per heavy atom. The minimum absolute atomic E-state index is 0.0256. The summed E-state index contributed by atoms with van der Waals surface area (Å²) in [6, 6.07) is 6.05. The summed E-state index contributed by atoms with van der Waals surface area (Å²) in [5, 5.41) is 8.29. The number of anilines is 1. The van der Waals surface area contributed by atoms with Crippen molar-refractivity contribution in [3.05, 3.63) is 68.6 Å². The summed E-state index contributed by atoms with van der Waals surface area (Å²) in [5.74, 6) is 0.347. The van der Waals surface area contributed by atoms with Gasteiger partial charge in [-0.3, -0.25) is 14.0 Å². The number of ketones is 1. The maximum Gasteiger partial charge on any atom is 0.333 e. The van der Waals surface area contributed by atoms with E-state index in [1.54, 1.807) is 0 Å². The Labute approximate surface area is 219 Å². The van der Waals surface area contributed by atoms with Gasteiger partial charge in [0.1, 0.15) is 18.2 Å². The number of ether oxygens (including phenoxy) is 1. The van der Waals surface area contributed by atoms with Crippen LogP contribution in [0.1, 0.15) is 68.0 Å². The van der Waals surface area contributed by atoms with Crippen LogP contribution >= 0.6 is 11.3 Å². The van der Waals surface area contributed by atoms with Crippen molar-refractivity contribution in [1.82, 2.24) is 15.0 Å². The molecule has 0 spiro atoms. The number of rotatable bonds is 8. The summed E-state index contributed by atoms with van der Waals surface area (Å²) in [5.41, 5.74) is 4.36. The monoisotopic (exact) mass is 543 g/mol. The quantitative estimate of drug-likeness (QED) is 0.409. The maximum atomic E-state index is 13.6. The molecule has 1 fully saturated rings. The zero-order valence-corrected chi connectivity index (χ0v) is 22.3. The molecule has 1 aliphatic carbocycles. The topological polar surface area (TPSA) is 146 Å². The zero-order chi connectivity index (χ0) is 26.2. The predicted molar refractivity (Wildman–Crippen MR) is 139 cm³/mol. The summed E-state index contributed by atoms with van der Waals surface area (Å²) in [4.78, 5) is 28.4. The molecule has 2 aliphatic rings. The molecule has 3 N–H and O–H groups in total. The second-order valence-electron chi connectivity index (χ2n) is 9.53. The predicted octanol–water partition coefficient (Wildman–Crippen LogP) is 3.24. The van der Waals surface area contributed by atoms with E-state index in [4.69, 9.17) is 19.0 Å². The summed E-state index contributed by atoms with van der Waals surface area (Å²) >= 11 is 1.42. The van der Waals surface area contributed by atoms with Gasteiger partial charge in [-0.25, -0.2) is 15.1 Å². The van der Waals surface area contributed by atoms with Gasteiger partial charge in [-0.2, -0.15) is 8.42 Å². The van der Waals surface area contributed by atoms with E-state index < -0.39 is 10.3 Å². The van der Waals surface area contributed by atoms with Gasteiger partial charge in [-0.1, -0.05) is 6.07 Å². The van der Waals surface area contributed by atoms with Crippen LogP contribution in [0.15, 0.2) is 30.7 Å². The molecule has 5 rings (SSSR count). The Bertz CT molecular complexity index is 1420. The van der Waals surface area contributed by atoms with E-state index in [-0.39, 0.29) is 30.5 Å². The molecule has 3 aromatic heterocycles. The molecular weight excluding hydrogens is 514 g/mol. The lowest BCUT2D eigenvalue weighted by Crippen LogP contribution is -2.22. The number of aryl methyl sites for hydroxylation is 2. The van der Waals surface area contributed by atoms with Gasteiger partial charge in [-0.15, -0.1) is 11.3 Å². The number of nitrogens with zero attached hydrogens (tertiary/aromatic N) is 3. The van der Waals surface area contributed by atoms with E-state index >= 15 is 0 Å². The average molecular weight is 544 g/mol. The maximum absolute atomic E-state index is 13.6. The molecular formula is C25H29N5O5S2. The minimum atomic E-state index is -3.96. The number of thiophene rings is 1. The average Bonchev–Trinajstić information content (AvgIpc) is 3.48. The highest BCUT2D eigenvalue weighted by Gasteiger charge is 2.30. The molecule has 4 heterocycles. The molecule has 37 heavy (non-hydrogen) atoms. The number of hydrogen-bond acceptors (Lipinski definition) is 10. The van der Waals surface area contributed by atoms with E-state index in [9.17, 15) is 13.2 Å². The molecule has 12 heteroatoms. The SMILES string of the molecule is Cc1ccc2c(n1)C(c1cc(C(=O)c3cncnc3N[C@H]3CC[C@@H](COS(N)(=O)=O)C3)sc1C)OCC2. The molecule has 1 aliphatic heterocycles. The highest BCUT2D eigenvalue weighted by atomic mass is 32.2. The second kappa shape index (κ2) is 10.5. The highest BCUT2D eigenvalue weighted by molar-refractivity contribution is 7.84. The normalized spacial score (nSPS) is 21.5. The summed E-state index contributed by atoms with van der Waals surface area (Å²) in [7, 11) is -3.96. The third kappa shape index (κ3) is 5.88. The lowest BCUT2D eigenvalue weighted by molar-refractivity contribution is 0.0662. The first-order valence-electron chi connectivity index (χ1n) is 12.1. The highest BCUT2D eigenvalue weighted by Crippen LogP contribution is 2.38. The van der Waals surface area contributed by atoms with Crippen molar-refractivity contribution in [3.63, 3.8) is 0 Å². The fraction of sp³-hybridized carbons (Fsp3) is 0.440. The van der Waals surface area contributed by atoms with Gasteiger partial charge in [0.25, 0.3) is 0 Å². The first kappa shape index (κ1) is 25.9. The van der Waals surface area contributed by atoms with Crippen molar-refractivity contribution in [2.24, 2.45) is 11.1 Å². The molecule has 0 bridgehead atoms. The molecule has 196 valence electrons. The molecule has 3 aromatic rings. The van der Waals surface area contributed by atoms with E-state index in [0.29, 0.717) is 29.3 Å². The number of pyridine rings is 1. The molecule has 1 saturated carbocycles. The Balaban J connectivity index is 1.34. The van der Waals surface area contributed by atoms with Crippen molar-refractivity contribution >= 4 is 33.2 Å². The van der Waals surface area contributed by atoms with E-state index in [1.165, 1.54) is 29.4 Å². The van der Waals surface area contributed by atoms with Crippen LogP contribution in [0.25, 0.3) is 0 Å². The van der Waals surface area contributed by atoms with Gasteiger partial charge >= 0.3 is 10.3 Å². The summed E-state index contributed by atoms with van der Waals surface area (Å²) in [6.45, 7) is 4.61. The summed E-state index contributed by atoms with van der Waals surface area (Å²) in [6.07, 6.45) is 5.71. The van der Waals surface area contributed by atoms with E-state index in [0.717, 1.165) is 41.1 Å². The third-order valence-electron chi connectivity index (χ3n) is 6.83.